The molecule has 1 aliphatic rings. The number of ether oxygens (including phenoxy) is 2. The highest BCUT2D eigenvalue weighted by molar-refractivity contribution is 4.88. The third-order valence-corrected chi connectivity index (χ3v) is 4.01. The summed E-state index contributed by atoms with van der Waals surface area (Å²) in [4.78, 5) is 0. The van der Waals surface area contributed by atoms with E-state index >= 15 is 0 Å². The third kappa shape index (κ3) is 4.11. The van der Waals surface area contributed by atoms with Crippen molar-refractivity contribution in [1.29, 1.82) is 0 Å². The van der Waals surface area contributed by atoms with Crippen molar-refractivity contribution < 1.29 is 29.9 Å². The number of hydrogen-bond donors (Lipinski definition) is 4. The zero-order valence-corrected chi connectivity index (χ0v) is 12.0. The van der Waals surface area contributed by atoms with E-state index in [0.29, 0.717) is 12.5 Å². The molecule has 1 heterocycles. The van der Waals surface area contributed by atoms with Gasteiger partial charge >= 0.3 is 0 Å². The van der Waals surface area contributed by atoms with Crippen molar-refractivity contribution in [1.82, 2.24) is 0 Å². The number of aliphatic hydroxyl groups excluding tert-OH is 4. The minimum absolute atomic E-state index is 0.0175. The minimum atomic E-state index is -1.51. The van der Waals surface area contributed by atoms with Gasteiger partial charge in [-0.3, -0.25) is 0 Å². The van der Waals surface area contributed by atoms with Crippen LogP contribution in [0.1, 0.15) is 27.7 Å². The summed E-state index contributed by atoms with van der Waals surface area (Å²) in [6.45, 7) is 8.87. The van der Waals surface area contributed by atoms with Gasteiger partial charge in [-0.2, -0.15) is 0 Å². The summed E-state index contributed by atoms with van der Waals surface area (Å²) in [5, 5.41) is 38.0. The lowest BCUT2D eigenvalue weighted by Gasteiger charge is -2.38. The maximum atomic E-state index is 9.74. The highest BCUT2D eigenvalue weighted by atomic mass is 16.6. The van der Waals surface area contributed by atoms with Gasteiger partial charge in [0.05, 0.1) is 13.2 Å². The average molecular weight is 278 g/mol. The third-order valence-electron chi connectivity index (χ3n) is 4.01. The molecule has 5 unspecified atom stereocenters. The Balaban J connectivity index is 2.45. The van der Waals surface area contributed by atoms with Crippen LogP contribution >= 0.6 is 0 Å². The molecule has 0 aliphatic carbocycles. The van der Waals surface area contributed by atoms with Crippen LogP contribution in [0.2, 0.25) is 0 Å². The smallest absolute Gasteiger partial charge is 0.184 e. The molecular weight excluding hydrogens is 252 g/mol. The van der Waals surface area contributed by atoms with Crippen molar-refractivity contribution in [2.75, 3.05) is 13.2 Å². The Morgan fingerprint density at radius 3 is 2.16 bits per heavy atom. The first kappa shape index (κ1) is 16.8. The van der Waals surface area contributed by atoms with Crippen molar-refractivity contribution in [2.45, 2.75) is 58.4 Å². The normalized spacial score (nSPS) is 36.8. The Bertz CT molecular complexity index is 280. The molecule has 4 N–H and O–H groups in total. The van der Waals surface area contributed by atoms with Crippen molar-refractivity contribution >= 4 is 0 Å². The molecule has 1 rings (SSSR count). The second-order valence-corrected chi connectivity index (χ2v) is 6.20. The van der Waals surface area contributed by atoms with Crippen LogP contribution in [0.3, 0.4) is 0 Å². The molecule has 0 aromatic rings. The predicted octanol–water partition coefficient (Wildman–Crippen LogP) is -0.515. The summed E-state index contributed by atoms with van der Waals surface area (Å²) in [5.74, 6) is 0.433. The lowest BCUT2D eigenvalue weighted by Crippen LogP contribution is -2.58. The van der Waals surface area contributed by atoms with Crippen molar-refractivity contribution in [3.63, 3.8) is 0 Å². The molecule has 0 saturated carbocycles. The number of rotatable bonds is 5. The summed E-state index contributed by atoms with van der Waals surface area (Å²) >= 11 is 0. The van der Waals surface area contributed by atoms with Gasteiger partial charge in [0.25, 0.3) is 0 Å². The Morgan fingerprint density at radius 2 is 1.63 bits per heavy atom. The summed E-state index contributed by atoms with van der Waals surface area (Å²) in [6.07, 6.45) is -6.57. The SMILES string of the molecule is CC(C)C(C)(C)COCC1OC(O)C(O)C(O)C1O. The second-order valence-electron chi connectivity index (χ2n) is 6.20. The fourth-order valence-electron chi connectivity index (χ4n) is 1.67. The Hall–Kier alpha value is -0.240. The molecule has 1 fully saturated rings. The van der Waals surface area contributed by atoms with Gasteiger partial charge in [-0.05, 0) is 11.3 Å². The van der Waals surface area contributed by atoms with Crippen LogP contribution in [0.5, 0.6) is 0 Å². The fraction of sp³-hybridized carbons (Fsp3) is 1.00. The van der Waals surface area contributed by atoms with Crippen LogP contribution in [0.4, 0.5) is 0 Å². The van der Waals surface area contributed by atoms with Crippen LogP contribution in [0.25, 0.3) is 0 Å². The fourth-order valence-corrected chi connectivity index (χ4v) is 1.67. The Kier molecular flexibility index (Phi) is 5.73. The summed E-state index contributed by atoms with van der Waals surface area (Å²) in [6, 6.07) is 0. The largest absolute Gasteiger partial charge is 0.387 e. The molecule has 114 valence electrons. The summed E-state index contributed by atoms with van der Waals surface area (Å²) in [5.41, 5.74) is -0.0175. The van der Waals surface area contributed by atoms with E-state index in [-0.39, 0.29) is 12.0 Å². The standard InChI is InChI=1S/C13H26O6/c1-7(2)13(3,4)6-18-5-8-9(14)10(15)11(16)12(17)19-8/h7-12,14-17H,5-6H2,1-4H3. The van der Waals surface area contributed by atoms with E-state index in [0.717, 1.165) is 0 Å². The lowest BCUT2D eigenvalue weighted by atomic mass is 9.82. The highest BCUT2D eigenvalue weighted by Gasteiger charge is 2.43. The first-order valence-corrected chi connectivity index (χ1v) is 6.62. The number of hydrogen-bond acceptors (Lipinski definition) is 6. The molecule has 0 amide bonds. The van der Waals surface area contributed by atoms with Crippen LogP contribution < -0.4 is 0 Å². The van der Waals surface area contributed by atoms with E-state index < -0.39 is 30.7 Å². The first-order valence-electron chi connectivity index (χ1n) is 6.62. The molecule has 6 nitrogen and oxygen atoms in total. The van der Waals surface area contributed by atoms with E-state index in [1.165, 1.54) is 0 Å². The van der Waals surface area contributed by atoms with Crippen molar-refractivity contribution in [3.8, 4) is 0 Å². The van der Waals surface area contributed by atoms with Gasteiger partial charge in [0, 0.05) is 0 Å². The van der Waals surface area contributed by atoms with Crippen LogP contribution in [0.15, 0.2) is 0 Å². The Labute approximate surface area is 114 Å². The summed E-state index contributed by atoms with van der Waals surface area (Å²) < 4.78 is 10.5. The molecule has 6 heteroatoms. The van der Waals surface area contributed by atoms with Crippen LogP contribution in [-0.4, -0.2) is 64.3 Å². The van der Waals surface area contributed by atoms with Crippen molar-refractivity contribution in [2.24, 2.45) is 11.3 Å². The maximum Gasteiger partial charge on any atom is 0.184 e. The predicted molar refractivity (Wildman–Crippen MR) is 68.3 cm³/mol. The molecule has 0 bridgehead atoms. The molecule has 5 atom stereocenters. The topological polar surface area (TPSA) is 99.4 Å². The average Bonchev–Trinajstić information content (AvgIpc) is 2.32. The lowest BCUT2D eigenvalue weighted by molar-refractivity contribution is -0.289. The van der Waals surface area contributed by atoms with E-state index in [1.54, 1.807) is 0 Å². The van der Waals surface area contributed by atoms with Gasteiger partial charge in [0.1, 0.15) is 24.4 Å². The van der Waals surface area contributed by atoms with Gasteiger partial charge in [0.15, 0.2) is 6.29 Å². The van der Waals surface area contributed by atoms with Gasteiger partial charge in [0.2, 0.25) is 0 Å². The highest BCUT2D eigenvalue weighted by Crippen LogP contribution is 2.27. The van der Waals surface area contributed by atoms with Gasteiger partial charge in [-0.25, -0.2) is 0 Å². The molecule has 1 saturated heterocycles. The van der Waals surface area contributed by atoms with Gasteiger partial charge in [-0.15, -0.1) is 0 Å². The monoisotopic (exact) mass is 278 g/mol. The number of aliphatic hydroxyl groups is 4. The molecular formula is C13H26O6. The van der Waals surface area contributed by atoms with Crippen LogP contribution in [-0.2, 0) is 9.47 Å². The summed E-state index contributed by atoms with van der Waals surface area (Å²) in [7, 11) is 0. The molecule has 1 aliphatic heterocycles. The molecule has 19 heavy (non-hydrogen) atoms. The van der Waals surface area contributed by atoms with E-state index in [9.17, 15) is 20.4 Å². The van der Waals surface area contributed by atoms with E-state index in [2.05, 4.69) is 27.7 Å². The van der Waals surface area contributed by atoms with E-state index in [4.69, 9.17) is 9.47 Å². The molecule has 0 spiro atoms. The Morgan fingerprint density at radius 1 is 1.05 bits per heavy atom. The first-order chi connectivity index (χ1) is 8.66. The second kappa shape index (κ2) is 6.47. The molecule has 0 radical (unpaired) electrons. The quantitative estimate of drug-likeness (QED) is 0.540. The van der Waals surface area contributed by atoms with Crippen molar-refractivity contribution in [3.05, 3.63) is 0 Å². The van der Waals surface area contributed by atoms with Gasteiger partial charge in [-0.1, -0.05) is 27.7 Å². The molecule has 0 aromatic carbocycles. The molecule has 0 aromatic heterocycles. The van der Waals surface area contributed by atoms with Crippen LogP contribution in [0, 0.1) is 11.3 Å². The zero-order valence-electron chi connectivity index (χ0n) is 12.0. The van der Waals surface area contributed by atoms with E-state index in [1.807, 2.05) is 0 Å². The zero-order chi connectivity index (χ0) is 14.8. The van der Waals surface area contributed by atoms with Gasteiger partial charge < -0.3 is 29.9 Å². The maximum absolute atomic E-state index is 9.74. The minimum Gasteiger partial charge on any atom is -0.387 e.